The molecule has 1 aromatic heterocycles. The number of hydrogen-bond donors (Lipinski definition) is 1. The molecule has 0 aliphatic carbocycles. The van der Waals surface area contributed by atoms with Crippen molar-refractivity contribution >= 4 is 17.7 Å². The van der Waals surface area contributed by atoms with Crippen molar-refractivity contribution < 1.29 is 36.2 Å². The van der Waals surface area contributed by atoms with E-state index in [9.17, 15) is 26.7 Å². The first-order valence-corrected chi connectivity index (χ1v) is 10.7. The molecule has 1 N–H and O–H groups in total. The average Bonchev–Trinajstić information content (AvgIpc) is 2.83. The number of amides is 1. The summed E-state index contributed by atoms with van der Waals surface area (Å²) in [6, 6.07) is 13.7. The van der Waals surface area contributed by atoms with Crippen molar-refractivity contribution in [1.29, 1.82) is 0 Å². The number of benzene rings is 2. The Hall–Kier alpha value is -3.40. The summed E-state index contributed by atoms with van der Waals surface area (Å²) >= 11 is 5.87. The third-order valence-corrected chi connectivity index (χ3v) is 5.06. The van der Waals surface area contributed by atoms with Gasteiger partial charge in [-0.15, -0.1) is 0 Å². The maximum atomic E-state index is 14.2. The molecule has 35 heavy (non-hydrogen) atoms. The Morgan fingerprint density at radius 2 is 1.83 bits per heavy atom. The van der Waals surface area contributed by atoms with Crippen LogP contribution in [0.15, 0.2) is 60.8 Å². The molecular formula is C24H20ClF5N2O3. The Morgan fingerprint density at radius 3 is 2.43 bits per heavy atom. The molecule has 11 heteroatoms. The summed E-state index contributed by atoms with van der Waals surface area (Å²) in [5.74, 6) is -0.589. The lowest BCUT2D eigenvalue weighted by molar-refractivity contribution is -0.252. The van der Waals surface area contributed by atoms with Gasteiger partial charge in [-0.2, -0.15) is 17.6 Å². The number of hydrogen-bond acceptors (Lipinski definition) is 4. The van der Waals surface area contributed by atoms with Crippen LogP contribution in [0.4, 0.5) is 26.7 Å². The summed E-state index contributed by atoms with van der Waals surface area (Å²) in [6.45, 7) is 0.349. The molecule has 0 fully saturated rings. The topological polar surface area (TPSA) is 60.5 Å². The number of aromatic nitrogens is 1. The van der Waals surface area contributed by atoms with Gasteiger partial charge in [0.1, 0.15) is 18.5 Å². The van der Waals surface area contributed by atoms with Crippen molar-refractivity contribution in [3.63, 3.8) is 0 Å². The van der Waals surface area contributed by atoms with E-state index < -0.39 is 37.2 Å². The highest BCUT2D eigenvalue weighted by Crippen LogP contribution is 2.46. The average molecular weight is 515 g/mol. The lowest BCUT2D eigenvalue weighted by Gasteiger charge is -2.25. The van der Waals surface area contributed by atoms with E-state index >= 15 is 0 Å². The second kappa shape index (κ2) is 11.4. The molecule has 0 unspecified atom stereocenters. The van der Waals surface area contributed by atoms with Crippen LogP contribution >= 0.6 is 11.6 Å². The number of carbonyl (C=O) groups is 1. The second-order valence-electron chi connectivity index (χ2n) is 7.26. The van der Waals surface area contributed by atoms with Crippen molar-refractivity contribution in [2.45, 2.75) is 25.6 Å². The number of alkyl halides is 5. The zero-order valence-corrected chi connectivity index (χ0v) is 19.0. The molecule has 5 nitrogen and oxygen atoms in total. The van der Waals surface area contributed by atoms with Gasteiger partial charge in [0, 0.05) is 29.4 Å². The summed E-state index contributed by atoms with van der Waals surface area (Å²) in [5.41, 5.74) is 0.625. The first-order chi connectivity index (χ1) is 16.6. The molecule has 186 valence electrons. The third kappa shape index (κ3) is 6.39. The standard InChI is InChI=1S/C24H20ClF5N2O3/c1-14(34-23(33)31-12-11-26)17-8-9-18(19-10-7-16(25)13-32-19)21(35-24(29,30)22(27)28)20(17)15-5-3-2-4-6-15/h2-10,13-14,22H,11-12H2,1H3,(H,31,33)/t14-/m0/s1. The van der Waals surface area contributed by atoms with Crippen molar-refractivity contribution in [1.82, 2.24) is 10.3 Å². The van der Waals surface area contributed by atoms with Crippen molar-refractivity contribution in [2.24, 2.45) is 0 Å². The van der Waals surface area contributed by atoms with Crippen LogP contribution in [0.1, 0.15) is 18.6 Å². The molecule has 0 saturated heterocycles. The van der Waals surface area contributed by atoms with Crippen molar-refractivity contribution in [2.75, 3.05) is 13.2 Å². The van der Waals surface area contributed by atoms with Gasteiger partial charge in [0.2, 0.25) is 0 Å². The third-order valence-electron chi connectivity index (χ3n) is 4.83. The van der Waals surface area contributed by atoms with E-state index in [1.165, 1.54) is 37.4 Å². The van der Waals surface area contributed by atoms with Crippen molar-refractivity contribution in [3.05, 3.63) is 71.4 Å². The zero-order valence-electron chi connectivity index (χ0n) is 18.3. The normalized spacial score (nSPS) is 12.3. The highest BCUT2D eigenvalue weighted by Gasteiger charge is 2.45. The minimum atomic E-state index is -4.84. The molecule has 1 heterocycles. The molecule has 0 spiro atoms. The van der Waals surface area contributed by atoms with Gasteiger partial charge in [-0.1, -0.05) is 48.0 Å². The minimum Gasteiger partial charge on any atom is -0.442 e. The summed E-state index contributed by atoms with van der Waals surface area (Å²) in [7, 11) is 0. The zero-order chi connectivity index (χ0) is 25.6. The molecular weight excluding hydrogens is 495 g/mol. The van der Waals surface area contributed by atoms with Crippen LogP contribution in [0.2, 0.25) is 5.02 Å². The molecule has 0 saturated carbocycles. The van der Waals surface area contributed by atoms with Crippen LogP contribution in [0.3, 0.4) is 0 Å². The van der Waals surface area contributed by atoms with Crippen LogP contribution in [-0.4, -0.2) is 36.8 Å². The lowest BCUT2D eigenvalue weighted by Crippen LogP contribution is -2.34. The van der Waals surface area contributed by atoms with Gasteiger partial charge in [-0.3, -0.25) is 4.98 Å². The molecule has 2 aromatic carbocycles. The fraction of sp³-hybridized carbons (Fsp3) is 0.250. The first-order valence-electron chi connectivity index (χ1n) is 10.3. The first kappa shape index (κ1) is 26.2. The Balaban J connectivity index is 2.24. The maximum Gasteiger partial charge on any atom is 0.461 e. The van der Waals surface area contributed by atoms with Crippen molar-refractivity contribution in [3.8, 4) is 28.1 Å². The fourth-order valence-electron chi connectivity index (χ4n) is 3.28. The number of halogens is 6. The van der Waals surface area contributed by atoms with E-state index in [1.807, 2.05) is 0 Å². The number of ether oxygens (including phenoxy) is 2. The van der Waals surface area contributed by atoms with E-state index in [1.54, 1.807) is 30.3 Å². The largest absolute Gasteiger partial charge is 0.461 e. The molecule has 1 amide bonds. The van der Waals surface area contributed by atoms with Crippen LogP contribution in [0.25, 0.3) is 22.4 Å². The molecule has 1 atom stereocenters. The van der Waals surface area contributed by atoms with Crippen LogP contribution in [0, 0.1) is 0 Å². The number of nitrogens with one attached hydrogen (secondary N) is 1. The molecule has 0 radical (unpaired) electrons. The Kier molecular flexibility index (Phi) is 8.50. The summed E-state index contributed by atoms with van der Waals surface area (Å²) in [4.78, 5) is 16.1. The van der Waals surface area contributed by atoms with Gasteiger partial charge in [-0.05, 0) is 30.7 Å². The molecule has 0 bridgehead atoms. The van der Waals surface area contributed by atoms with Gasteiger partial charge in [-0.25, -0.2) is 9.18 Å². The van der Waals surface area contributed by atoms with Gasteiger partial charge in [0.15, 0.2) is 0 Å². The number of nitrogens with zero attached hydrogens (tertiary/aromatic N) is 1. The SMILES string of the molecule is C[C@H](OC(=O)NCCF)c1ccc(-c2ccc(Cl)cn2)c(OC(F)(F)C(F)F)c1-c1ccccc1. The Morgan fingerprint density at radius 1 is 1.11 bits per heavy atom. The molecule has 3 rings (SSSR count). The van der Waals surface area contributed by atoms with E-state index in [0.717, 1.165) is 0 Å². The van der Waals surface area contributed by atoms with E-state index in [2.05, 4.69) is 15.0 Å². The monoisotopic (exact) mass is 514 g/mol. The number of rotatable bonds is 9. The van der Waals surface area contributed by atoms with Gasteiger partial charge in [0.25, 0.3) is 0 Å². The molecule has 3 aromatic rings. The molecule has 0 aliphatic heterocycles. The summed E-state index contributed by atoms with van der Waals surface area (Å²) < 4.78 is 77.0. The van der Waals surface area contributed by atoms with Gasteiger partial charge >= 0.3 is 18.6 Å². The lowest BCUT2D eigenvalue weighted by atomic mass is 9.92. The Bertz CT molecular complexity index is 1150. The van der Waals surface area contributed by atoms with E-state index in [4.69, 9.17) is 16.3 Å². The highest BCUT2D eigenvalue weighted by molar-refractivity contribution is 6.30. The van der Waals surface area contributed by atoms with E-state index in [-0.39, 0.29) is 34.0 Å². The number of carbonyl (C=O) groups excluding carboxylic acids is 1. The molecule has 0 aliphatic rings. The number of pyridine rings is 1. The van der Waals surface area contributed by atoms with Gasteiger partial charge < -0.3 is 14.8 Å². The fourth-order valence-corrected chi connectivity index (χ4v) is 3.39. The quantitative estimate of drug-likeness (QED) is 0.310. The highest BCUT2D eigenvalue weighted by atomic mass is 35.5. The summed E-state index contributed by atoms with van der Waals surface area (Å²) in [6.07, 6.45) is -9.70. The Labute approximate surface area is 202 Å². The van der Waals surface area contributed by atoms with Crippen LogP contribution in [0.5, 0.6) is 5.75 Å². The smallest absolute Gasteiger partial charge is 0.442 e. The predicted molar refractivity (Wildman–Crippen MR) is 121 cm³/mol. The minimum absolute atomic E-state index is 0.00836. The maximum absolute atomic E-state index is 14.2. The summed E-state index contributed by atoms with van der Waals surface area (Å²) in [5, 5.41) is 2.47. The van der Waals surface area contributed by atoms with Crippen LogP contribution in [-0.2, 0) is 4.74 Å². The van der Waals surface area contributed by atoms with Crippen LogP contribution < -0.4 is 10.1 Å². The second-order valence-corrected chi connectivity index (χ2v) is 7.70. The van der Waals surface area contributed by atoms with E-state index in [0.29, 0.717) is 5.56 Å². The number of alkyl carbamates (subject to hydrolysis) is 1. The van der Waals surface area contributed by atoms with Gasteiger partial charge in [0.05, 0.1) is 10.7 Å². The predicted octanol–water partition coefficient (Wildman–Crippen LogP) is 7.06.